The van der Waals surface area contributed by atoms with Crippen molar-refractivity contribution in [3.05, 3.63) is 65.0 Å². The number of amides is 1. The third-order valence-corrected chi connectivity index (χ3v) is 8.17. The molecule has 1 heterocycles. The van der Waals surface area contributed by atoms with Crippen LogP contribution < -0.4 is 5.32 Å². The third-order valence-electron chi connectivity index (χ3n) is 6.16. The second-order valence-corrected chi connectivity index (χ2v) is 10.7. The zero-order valence-corrected chi connectivity index (χ0v) is 20.7. The Bertz CT molecular complexity index is 1150. The number of rotatable bonds is 7. The smallest absolute Gasteiger partial charge is 0.339 e. The number of benzene rings is 2. The second kappa shape index (κ2) is 10.7. The normalized spacial score (nSPS) is 18.7. The van der Waals surface area contributed by atoms with Gasteiger partial charge in [0.15, 0.2) is 6.10 Å². The summed E-state index contributed by atoms with van der Waals surface area (Å²) in [5.41, 5.74) is 1.34. The summed E-state index contributed by atoms with van der Waals surface area (Å²) in [5, 5.41) is 2.73. The lowest BCUT2D eigenvalue weighted by atomic mass is 10.1. The van der Waals surface area contributed by atoms with Crippen molar-refractivity contribution < 1.29 is 27.1 Å². The van der Waals surface area contributed by atoms with E-state index in [2.05, 4.69) is 5.32 Å². The van der Waals surface area contributed by atoms with Crippen LogP contribution in [0, 0.1) is 12.7 Å². The molecule has 3 unspecified atom stereocenters. The summed E-state index contributed by atoms with van der Waals surface area (Å²) in [5.74, 6) is -1.67. The number of hydrogen-bond acceptors (Lipinski definition) is 5. The molecule has 34 heavy (non-hydrogen) atoms. The lowest BCUT2D eigenvalue weighted by Crippen LogP contribution is -2.42. The number of sulfonamides is 1. The molecule has 2 aromatic rings. The predicted molar refractivity (Wildman–Crippen MR) is 126 cm³/mol. The molecule has 1 N–H and O–H groups in total. The van der Waals surface area contributed by atoms with Gasteiger partial charge in [0.2, 0.25) is 10.0 Å². The van der Waals surface area contributed by atoms with Gasteiger partial charge in [-0.25, -0.2) is 17.6 Å². The molecule has 0 bridgehead atoms. The first kappa shape index (κ1) is 25.8. The summed E-state index contributed by atoms with van der Waals surface area (Å²) >= 11 is 0. The molecule has 1 aliphatic heterocycles. The van der Waals surface area contributed by atoms with E-state index in [1.807, 2.05) is 6.92 Å². The Kier molecular flexibility index (Phi) is 8.09. The quantitative estimate of drug-likeness (QED) is 0.590. The number of carbonyl (C=O) groups is 2. The zero-order valence-electron chi connectivity index (χ0n) is 19.9. The summed E-state index contributed by atoms with van der Waals surface area (Å²) in [6, 6.07) is 9.58. The van der Waals surface area contributed by atoms with Gasteiger partial charge in [-0.2, -0.15) is 4.31 Å². The van der Waals surface area contributed by atoms with Gasteiger partial charge in [0.25, 0.3) is 5.91 Å². The number of piperidine rings is 1. The fourth-order valence-corrected chi connectivity index (χ4v) is 5.72. The fourth-order valence-electron chi connectivity index (χ4n) is 3.99. The van der Waals surface area contributed by atoms with Crippen LogP contribution in [0.3, 0.4) is 0 Å². The van der Waals surface area contributed by atoms with Crippen molar-refractivity contribution in [2.75, 3.05) is 6.54 Å². The lowest BCUT2D eigenvalue weighted by Gasteiger charge is -2.32. The molecule has 0 saturated carbocycles. The predicted octanol–water partition coefficient (Wildman–Crippen LogP) is 4.12. The number of aryl methyl sites for hydroxylation is 1. The second-order valence-electron chi connectivity index (χ2n) is 8.77. The van der Waals surface area contributed by atoms with Crippen LogP contribution in [0.5, 0.6) is 0 Å². The molecule has 3 rings (SSSR count). The molecule has 0 radical (unpaired) electrons. The molecule has 2 aromatic carbocycles. The summed E-state index contributed by atoms with van der Waals surface area (Å²) in [4.78, 5) is 25.4. The largest absolute Gasteiger partial charge is 0.449 e. The highest BCUT2D eigenvalue weighted by Crippen LogP contribution is 2.27. The first-order valence-corrected chi connectivity index (χ1v) is 12.8. The maximum atomic E-state index is 13.2. The van der Waals surface area contributed by atoms with Gasteiger partial charge in [0.05, 0.1) is 16.5 Å². The van der Waals surface area contributed by atoms with Gasteiger partial charge in [0.1, 0.15) is 5.82 Å². The van der Waals surface area contributed by atoms with E-state index in [0.29, 0.717) is 17.7 Å². The van der Waals surface area contributed by atoms with E-state index < -0.39 is 34.0 Å². The highest BCUT2D eigenvalue weighted by molar-refractivity contribution is 7.89. The van der Waals surface area contributed by atoms with Crippen LogP contribution in [0.25, 0.3) is 0 Å². The van der Waals surface area contributed by atoms with E-state index in [-0.39, 0.29) is 22.3 Å². The molecule has 9 heteroatoms. The van der Waals surface area contributed by atoms with E-state index in [1.165, 1.54) is 35.5 Å². The molecule has 1 amide bonds. The first-order chi connectivity index (χ1) is 16.0. The minimum absolute atomic E-state index is 0.0286. The van der Waals surface area contributed by atoms with E-state index >= 15 is 0 Å². The van der Waals surface area contributed by atoms with Gasteiger partial charge < -0.3 is 10.1 Å². The third kappa shape index (κ3) is 5.82. The van der Waals surface area contributed by atoms with Crippen LogP contribution in [-0.2, 0) is 19.6 Å². The molecular weight excluding hydrogens is 459 g/mol. The average Bonchev–Trinajstić information content (AvgIpc) is 2.79. The molecule has 3 atom stereocenters. The maximum absolute atomic E-state index is 13.2. The number of ether oxygens (including phenoxy) is 1. The maximum Gasteiger partial charge on any atom is 0.339 e. The minimum Gasteiger partial charge on any atom is -0.449 e. The molecule has 0 spiro atoms. The van der Waals surface area contributed by atoms with Crippen molar-refractivity contribution in [1.29, 1.82) is 0 Å². The summed E-state index contributed by atoms with van der Waals surface area (Å²) in [6.45, 7) is 7.18. The Hall–Kier alpha value is -2.78. The highest BCUT2D eigenvalue weighted by atomic mass is 32.2. The Morgan fingerprint density at radius 1 is 1.12 bits per heavy atom. The Balaban J connectivity index is 1.71. The van der Waals surface area contributed by atoms with Gasteiger partial charge in [-0.1, -0.05) is 24.6 Å². The van der Waals surface area contributed by atoms with E-state index in [1.54, 1.807) is 32.0 Å². The number of halogens is 1. The van der Waals surface area contributed by atoms with Gasteiger partial charge in [-0.15, -0.1) is 0 Å². The standard InChI is InChI=1S/C25H31FN2O5S/c1-16-8-13-22(34(31,32)28-14-6-5-7-17(28)2)15-23(16)25(30)33-19(4)24(29)27-18(3)20-9-11-21(26)12-10-20/h8-13,15,17-19H,5-7,14H2,1-4H3,(H,27,29). The highest BCUT2D eigenvalue weighted by Gasteiger charge is 2.32. The molecular formula is C25H31FN2O5S. The van der Waals surface area contributed by atoms with Gasteiger partial charge in [-0.3, -0.25) is 4.79 Å². The number of esters is 1. The fraction of sp³-hybridized carbons (Fsp3) is 0.440. The Labute approximate surface area is 200 Å². The minimum atomic E-state index is -3.76. The summed E-state index contributed by atoms with van der Waals surface area (Å²) < 4.78 is 46.3. The number of nitrogens with one attached hydrogen (secondary N) is 1. The lowest BCUT2D eigenvalue weighted by molar-refractivity contribution is -0.129. The van der Waals surface area contributed by atoms with Gasteiger partial charge in [-0.05, 0) is 75.9 Å². The van der Waals surface area contributed by atoms with Crippen LogP contribution in [0.2, 0.25) is 0 Å². The van der Waals surface area contributed by atoms with Crippen molar-refractivity contribution in [1.82, 2.24) is 9.62 Å². The van der Waals surface area contributed by atoms with Crippen molar-refractivity contribution in [3.63, 3.8) is 0 Å². The SMILES string of the molecule is Cc1ccc(S(=O)(=O)N2CCCCC2C)cc1C(=O)OC(C)C(=O)NC(C)c1ccc(F)cc1. The van der Waals surface area contributed by atoms with Crippen molar-refractivity contribution >= 4 is 21.9 Å². The zero-order chi connectivity index (χ0) is 25.0. The molecule has 0 aliphatic carbocycles. The van der Waals surface area contributed by atoms with Gasteiger partial charge in [0, 0.05) is 12.6 Å². The molecule has 1 aliphatic rings. The monoisotopic (exact) mass is 490 g/mol. The number of carbonyl (C=O) groups excluding carboxylic acids is 2. The van der Waals surface area contributed by atoms with Crippen molar-refractivity contribution in [3.8, 4) is 0 Å². The Morgan fingerprint density at radius 3 is 2.44 bits per heavy atom. The van der Waals surface area contributed by atoms with Crippen LogP contribution in [-0.4, -0.2) is 43.3 Å². The van der Waals surface area contributed by atoms with E-state index in [0.717, 1.165) is 19.3 Å². The van der Waals surface area contributed by atoms with Crippen LogP contribution in [0.1, 0.15) is 67.6 Å². The number of nitrogens with zero attached hydrogens (tertiary/aromatic N) is 1. The van der Waals surface area contributed by atoms with E-state index in [4.69, 9.17) is 4.74 Å². The summed E-state index contributed by atoms with van der Waals surface area (Å²) in [7, 11) is -3.76. The Morgan fingerprint density at radius 2 is 1.79 bits per heavy atom. The van der Waals surface area contributed by atoms with Crippen LogP contribution in [0.15, 0.2) is 47.4 Å². The average molecular weight is 491 g/mol. The molecule has 184 valence electrons. The molecule has 7 nitrogen and oxygen atoms in total. The van der Waals surface area contributed by atoms with Crippen LogP contribution in [0.4, 0.5) is 4.39 Å². The molecule has 0 aromatic heterocycles. The van der Waals surface area contributed by atoms with Gasteiger partial charge >= 0.3 is 5.97 Å². The molecule has 1 saturated heterocycles. The first-order valence-electron chi connectivity index (χ1n) is 11.4. The number of hydrogen-bond donors (Lipinski definition) is 1. The van der Waals surface area contributed by atoms with Crippen LogP contribution >= 0.6 is 0 Å². The van der Waals surface area contributed by atoms with Crippen molar-refractivity contribution in [2.45, 2.75) is 70.0 Å². The van der Waals surface area contributed by atoms with E-state index in [9.17, 15) is 22.4 Å². The summed E-state index contributed by atoms with van der Waals surface area (Å²) in [6.07, 6.45) is 1.46. The van der Waals surface area contributed by atoms with Crippen molar-refractivity contribution in [2.24, 2.45) is 0 Å². The molecule has 1 fully saturated rings. The topological polar surface area (TPSA) is 92.8 Å².